The summed E-state index contributed by atoms with van der Waals surface area (Å²) in [6, 6.07) is 0. The van der Waals surface area contributed by atoms with Crippen LogP contribution in [0.3, 0.4) is 0 Å². The second-order valence-corrected chi connectivity index (χ2v) is 2.98. The van der Waals surface area contributed by atoms with Crippen LogP contribution in [-0.4, -0.2) is 40.4 Å². The van der Waals surface area contributed by atoms with Crippen LogP contribution in [0.25, 0.3) is 0 Å². The summed E-state index contributed by atoms with van der Waals surface area (Å²) < 4.78 is 6.67. The summed E-state index contributed by atoms with van der Waals surface area (Å²) >= 11 is 0. The second-order valence-electron chi connectivity index (χ2n) is 2.98. The van der Waals surface area contributed by atoms with Crippen molar-refractivity contribution < 1.29 is 14.6 Å². The fourth-order valence-electron chi connectivity index (χ4n) is 1.19. The van der Waals surface area contributed by atoms with E-state index in [4.69, 9.17) is 9.84 Å². The molecule has 1 heterocycles. The first-order valence-electron chi connectivity index (χ1n) is 4.69. The van der Waals surface area contributed by atoms with E-state index in [0.29, 0.717) is 5.95 Å². The molecule has 1 aromatic rings. The van der Waals surface area contributed by atoms with Gasteiger partial charge in [0.25, 0.3) is 0 Å². The van der Waals surface area contributed by atoms with Gasteiger partial charge in [0.2, 0.25) is 5.95 Å². The number of carboxylic acid groups (broad SMARTS) is 1. The predicted molar refractivity (Wildman–Crippen MR) is 54.8 cm³/mol. The van der Waals surface area contributed by atoms with Crippen LogP contribution in [0.2, 0.25) is 0 Å². The molecule has 1 rings (SSSR count). The number of nitrogens with one attached hydrogen (secondary N) is 1. The molecule has 1 aromatic heterocycles. The zero-order valence-corrected chi connectivity index (χ0v) is 8.80. The van der Waals surface area contributed by atoms with E-state index in [1.54, 1.807) is 6.20 Å². The minimum atomic E-state index is -0.986. The van der Waals surface area contributed by atoms with Crippen LogP contribution in [-0.2, 0) is 16.1 Å². The first kappa shape index (κ1) is 11.5. The third-order valence-corrected chi connectivity index (χ3v) is 2.06. The normalized spacial score (nSPS) is 12.4. The van der Waals surface area contributed by atoms with Crippen molar-refractivity contribution in [2.24, 2.45) is 0 Å². The van der Waals surface area contributed by atoms with E-state index in [9.17, 15) is 4.79 Å². The van der Waals surface area contributed by atoms with Gasteiger partial charge in [-0.3, -0.25) is 0 Å². The van der Waals surface area contributed by atoms with Gasteiger partial charge in [-0.05, 0) is 6.92 Å². The smallest absolute Gasteiger partial charge is 0.334 e. The van der Waals surface area contributed by atoms with Crippen LogP contribution in [0.1, 0.15) is 6.92 Å². The molecule has 0 fully saturated rings. The Balaban J connectivity index is 2.52. The number of imidazole rings is 1. The summed E-state index contributed by atoms with van der Waals surface area (Å²) in [5, 5.41) is 11.7. The van der Waals surface area contributed by atoms with Gasteiger partial charge in [0, 0.05) is 26.0 Å². The lowest BCUT2D eigenvalue weighted by atomic mass is 10.3. The molecule has 0 aliphatic rings. The van der Waals surface area contributed by atoms with Gasteiger partial charge < -0.3 is 19.7 Å². The number of aliphatic carboxylic acids is 1. The van der Waals surface area contributed by atoms with Crippen LogP contribution in [0.15, 0.2) is 12.4 Å². The zero-order chi connectivity index (χ0) is 11.3. The number of carbonyl (C=O) groups is 1. The Morgan fingerprint density at radius 2 is 2.53 bits per heavy atom. The van der Waals surface area contributed by atoms with Gasteiger partial charge >= 0.3 is 5.97 Å². The number of hydrogen-bond donors (Lipinski definition) is 2. The summed E-state index contributed by atoms with van der Waals surface area (Å²) in [5.74, 6) is -0.333. The topological polar surface area (TPSA) is 76.4 Å². The van der Waals surface area contributed by atoms with Crippen LogP contribution in [0.5, 0.6) is 0 Å². The number of aryl methyl sites for hydroxylation is 1. The maximum absolute atomic E-state index is 10.7. The third-order valence-electron chi connectivity index (χ3n) is 2.06. The molecule has 0 bridgehead atoms. The molecule has 84 valence electrons. The molecule has 15 heavy (non-hydrogen) atoms. The lowest BCUT2D eigenvalue weighted by Crippen LogP contribution is -2.31. The quantitative estimate of drug-likeness (QED) is 0.716. The maximum atomic E-state index is 10.7. The first-order valence-corrected chi connectivity index (χ1v) is 4.69. The van der Waals surface area contributed by atoms with Crippen molar-refractivity contribution in [3.8, 4) is 0 Å². The number of anilines is 1. The molecule has 0 spiro atoms. The van der Waals surface area contributed by atoms with E-state index in [1.165, 1.54) is 7.11 Å². The van der Waals surface area contributed by atoms with E-state index >= 15 is 0 Å². The first-order chi connectivity index (χ1) is 7.19. The molecule has 1 atom stereocenters. The predicted octanol–water partition coefficient (Wildman–Crippen LogP) is 0.414. The second kappa shape index (κ2) is 5.35. The highest BCUT2D eigenvalue weighted by atomic mass is 16.5. The fourth-order valence-corrected chi connectivity index (χ4v) is 1.19. The lowest BCUT2D eigenvalue weighted by Gasteiger charge is -2.12. The number of hydrogen-bond acceptors (Lipinski definition) is 4. The number of ether oxygens (including phenoxy) is 1. The molecular weight excluding hydrogens is 198 g/mol. The molecule has 6 heteroatoms. The fraction of sp³-hybridized carbons (Fsp3) is 0.556. The standard InChI is InChI=1S/C9H15N3O3/c1-3-12-5-4-10-9(12)11-6-7(15-2)8(13)14/h4-5,7H,3,6H2,1-2H3,(H,10,11)(H,13,14). The number of nitrogens with zero attached hydrogens (tertiary/aromatic N) is 2. The molecule has 0 radical (unpaired) electrons. The van der Waals surface area contributed by atoms with Gasteiger partial charge in [-0.1, -0.05) is 0 Å². The average molecular weight is 213 g/mol. The van der Waals surface area contributed by atoms with E-state index in [0.717, 1.165) is 6.54 Å². The largest absolute Gasteiger partial charge is 0.479 e. The van der Waals surface area contributed by atoms with Crippen molar-refractivity contribution in [1.82, 2.24) is 9.55 Å². The summed E-state index contributed by atoms with van der Waals surface area (Å²) in [7, 11) is 1.37. The van der Waals surface area contributed by atoms with E-state index in [2.05, 4.69) is 10.3 Å². The Morgan fingerprint density at radius 3 is 3.07 bits per heavy atom. The highest BCUT2D eigenvalue weighted by Gasteiger charge is 2.16. The van der Waals surface area contributed by atoms with E-state index < -0.39 is 12.1 Å². The van der Waals surface area contributed by atoms with Crippen molar-refractivity contribution in [1.29, 1.82) is 0 Å². The summed E-state index contributed by atoms with van der Waals surface area (Å²) in [4.78, 5) is 14.7. The Morgan fingerprint density at radius 1 is 1.80 bits per heavy atom. The number of aromatic nitrogens is 2. The third kappa shape index (κ3) is 2.95. The summed E-state index contributed by atoms with van der Waals surface area (Å²) in [6.07, 6.45) is 2.63. The van der Waals surface area contributed by atoms with E-state index in [-0.39, 0.29) is 6.54 Å². The summed E-state index contributed by atoms with van der Waals surface area (Å²) in [5.41, 5.74) is 0. The average Bonchev–Trinajstić information content (AvgIpc) is 2.65. The Kier molecular flexibility index (Phi) is 4.11. The van der Waals surface area contributed by atoms with Gasteiger partial charge in [-0.2, -0.15) is 0 Å². The van der Waals surface area contributed by atoms with Gasteiger partial charge in [-0.15, -0.1) is 0 Å². The van der Waals surface area contributed by atoms with Crippen LogP contribution >= 0.6 is 0 Å². The lowest BCUT2D eigenvalue weighted by molar-refractivity contribution is -0.147. The van der Waals surface area contributed by atoms with Gasteiger partial charge in [0.05, 0.1) is 6.54 Å². The maximum Gasteiger partial charge on any atom is 0.334 e. The molecule has 2 N–H and O–H groups in total. The Hall–Kier alpha value is -1.56. The Bertz CT molecular complexity index is 324. The van der Waals surface area contributed by atoms with Gasteiger partial charge in [-0.25, -0.2) is 9.78 Å². The molecule has 6 nitrogen and oxygen atoms in total. The zero-order valence-electron chi connectivity index (χ0n) is 8.80. The number of carboxylic acids is 1. The summed E-state index contributed by atoms with van der Waals surface area (Å²) in [6.45, 7) is 2.97. The molecule has 0 amide bonds. The number of rotatable bonds is 6. The van der Waals surface area contributed by atoms with Crippen LogP contribution in [0, 0.1) is 0 Å². The molecule has 1 unspecified atom stereocenters. The minimum absolute atomic E-state index is 0.197. The van der Waals surface area contributed by atoms with Crippen molar-refractivity contribution >= 4 is 11.9 Å². The van der Waals surface area contributed by atoms with Gasteiger partial charge in [0.15, 0.2) is 6.10 Å². The highest BCUT2D eigenvalue weighted by molar-refractivity contribution is 5.73. The van der Waals surface area contributed by atoms with Crippen molar-refractivity contribution in [3.05, 3.63) is 12.4 Å². The van der Waals surface area contributed by atoms with Crippen molar-refractivity contribution in [2.45, 2.75) is 19.6 Å². The molecule has 0 saturated carbocycles. The van der Waals surface area contributed by atoms with Crippen LogP contribution < -0.4 is 5.32 Å². The van der Waals surface area contributed by atoms with E-state index in [1.807, 2.05) is 17.7 Å². The highest BCUT2D eigenvalue weighted by Crippen LogP contribution is 2.04. The number of methoxy groups -OCH3 is 1. The van der Waals surface area contributed by atoms with Gasteiger partial charge in [0.1, 0.15) is 0 Å². The monoisotopic (exact) mass is 213 g/mol. The molecule has 0 aliphatic carbocycles. The van der Waals surface area contributed by atoms with Crippen LogP contribution in [0.4, 0.5) is 5.95 Å². The molecule has 0 aromatic carbocycles. The SMILES string of the molecule is CCn1ccnc1NCC(OC)C(=O)O. The van der Waals surface area contributed by atoms with Crippen molar-refractivity contribution in [3.63, 3.8) is 0 Å². The molecule has 0 aliphatic heterocycles. The molecule has 0 saturated heterocycles. The van der Waals surface area contributed by atoms with Crippen molar-refractivity contribution in [2.75, 3.05) is 19.0 Å². The minimum Gasteiger partial charge on any atom is -0.479 e. The Labute approximate surface area is 87.9 Å². The molecular formula is C9H15N3O3.